The minimum Gasteiger partial charge on any atom is -0.490 e. The van der Waals surface area contributed by atoms with Crippen LogP contribution in [0.15, 0.2) is 66.2 Å². The van der Waals surface area contributed by atoms with E-state index in [-0.39, 0.29) is 57.3 Å². The molecule has 0 radical (unpaired) electrons. The van der Waals surface area contributed by atoms with Gasteiger partial charge in [0.2, 0.25) is 5.91 Å². The molecule has 2 aliphatic heterocycles. The summed E-state index contributed by atoms with van der Waals surface area (Å²) in [6, 6.07) is 15.0. The predicted molar refractivity (Wildman–Crippen MR) is 195 cm³/mol. The fourth-order valence-corrected chi connectivity index (χ4v) is 7.33. The third-order valence-corrected chi connectivity index (χ3v) is 10.3. The van der Waals surface area contributed by atoms with Crippen LogP contribution in [-0.4, -0.2) is 88.3 Å². The lowest BCUT2D eigenvalue weighted by Crippen LogP contribution is -2.62. The maximum atomic E-state index is 14.7. The highest BCUT2D eigenvalue weighted by Gasteiger charge is 2.43. The number of ether oxygens (including phenoxy) is 2. The van der Waals surface area contributed by atoms with Gasteiger partial charge in [0.05, 0.1) is 35.6 Å². The van der Waals surface area contributed by atoms with Gasteiger partial charge in [-0.15, -0.1) is 0 Å². The zero-order valence-corrected chi connectivity index (χ0v) is 30.8. The Morgan fingerprint density at radius 1 is 0.981 bits per heavy atom. The van der Waals surface area contributed by atoms with Gasteiger partial charge < -0.3 is 34.8 Å². The molecule has 3 aliphatic rings. The summed E-state index contributed by atoms with van der Waals surface area (Å²) >= 11 is 6.33. The second kappa shape index (κ2) is 16.4. The molecule has 10 nitrogen and oxygen atoms in total. The number of carboxylic acid groups (broad SMARTS) is 1. The lowest BCUT2D eigenvalue weighted by atomic mass is 9.82. The van der Waals surface area contributed by atoms with Gasteiger partial charge >= 0.3 is 12.1 Å². The SMILES string of the molecule is Cc1cc(Cl)c(OCCOc2ccc(C3=C(C(=O)N(Cc4cccc(C(F)(F)F)c4)C4CC4)[C@H]4CN(C(=O)C[C@@H](O)CC(=O)O)C[C@@H](C3)N4)cc2)cc1C. The van der Waals surface area contributed by atoms with Gasteiger partial charge in [0.1, 0.15) is 24.7 Å². The van der Waals surface area contributed by atoms with Gasteiger partial charge in [-0.2, -0.15) is 13.2 Å². The van der Waals surface area contributed by atoms with Crippen LogP contribution in [0, 0.1) is 13.8 Å². The summed E-state index contributed by atoms with van der Waals surface area (Å²) in [6.07, 6.45) is -5.04. The summed E-state index contributed by atoms with van der Waals surface area (Å²) in [5.74, 6) is -0.825. The van der Waals surface area contributed by atoms with Crippen LogP contribution >= 0.6 is 11.6 Å². The number of halogens is 4. The van der Waals surface area contributed by atoms with Crippen LogP contribution in [0.3, 0.4) is 0 Å². The van der Waals surface area contributed by atoms with Gasteiger partial charge in [0.15, 0.2) is 0 Å². The van der Waals surface area contributed by atoms with Crippen molar-refractivity contribution in [2.75, 3.05) is 26.3 Å². The van der Waals surface area contributed by atoms with E-state index in [4.69, 9.17) is 26.2 Å². The van der Waals surface area contributed by atoms with Crippen molar-refractivity contribution in [3.63, 3.8) is 0 Å². The number of carbonyl (C=O) groups is 3. The van der Waals surface area contributed by atoms with E-state index in [1.807, 2.05) is 38.1 Å². The Kier molecular flexibility index (Phi) is 11.9. The number of carboxylic acids is 1. The summed E-state index contributed by atoms with van der Waals surface area (Å²) in [6.45, 7) is 4.81. The van der Waals surface area contributed by atoms with E-state index in [1.54, 1.807) is 28.0 Å². The molecule has 2 amide bonds. The second-order valence-electron chi connectivity index (χ2n) is 14.2. The number of benzene rings is 3. The van der Waals surface area contributed by atoms with Crippen molar-refractivity contribution >= 4 is 35.0 Å². The third kappa shape index (κ3) is 9.55. The average Bonchev–Trinajstić information content (AvgIpc) is 3.96. The minimum absolute atomic E-state index is 0.0212. The fourth-order valence-electron chi connectivity index (χ4n) is 7.05. The molecule has 0 aromatic heterocycles. The first-order valence-corrected chi connectivity index (χ1v) is 18.3. The highest BCUT2D eigenvalue weighted by atomic mass is 35.5. The standard InChI is InChI=1S/C40H43ClF3N3O7/c1-23-14-33(41)35(15-24(23)2)54-13-12-53-31-10-6-26(7-11-31)32-17-28-21-46(36(49)18-30(48)19-37(50)51)22-34(45-28)38(32)39(52)47(29-8-9-29)20-25-4-3-5-27(16-25)40(42,43)44/h3-7,10-11,14-16,28-30,34,45,48H,8-9,12-13,17-22H2,1-2H3,(H,50,51)/t28-,30-,34-/m1/s1. The number of aryl methyl sites for hydroxylation is 2. The van der Waals surface area contributed by atoms with Crippen LogP contribution in [0.1, 0.15) is 59.9 Å². The molecule has 3 aromatic carbocycles. The van der Waals surface area contributed by atoms with Crippen LogP contribution < -0.4 is 14.8 Å². The van der Waals surface area contributed by atoms with Crippen molar-refractivity contribution in [2.24, 2.45) is 0 Å². The van der Waals surface area contributed by atoms with Crippen molar-refractivity contribution < 1.29 is 47.2 Å². The topological polar surface area (TPSA) is 129 Å². The van der Waals surface area contributed by atoms with Crippen molar-refractivity contribution in [1.29, 1.82) is 0 Å². The van der Waals surface area contributed by atoms with E-state index in [0.717, 1.165) is 34.4 Å². The molecule has 288 valence electrons. The Balaban J connectivity index is 1.24. The number of nitrogens with one attached hydrogen (secondary N) is 1. The molecule has 2 bridgehead atoms. The van der Waals surface area contributed by atoms with E-state index in [2.05, 4.69) is 5.32 Å². The Morgan fingerprint density at radius 2 is 1.69 bits per heavy atom. The number of amides is 2. The largest absolute Gasteiger partial charge is 0.490 e. The smallest absolute Gasteiger partial charge is 0.416 e. The molecule has 1 saturated heterocycles. The van der Waals surface area contributed by atoms with E-state index in [9.17, 15) is 32.7 Å². The number of alkyl halides is 3. The van der Waals surface area contributed by atoms with Crippen molar-refractivity contribution in [3.8, 4) is 11.5 Å². The molecule has 3 aromatic rings. The third-order valence-electron chi connectivity index (χ3n) is 10.0. The summed E-state index contributed by atoms with van der Waals surface area (Å²) in [4.78, 5) is 42.2. The Morgan fingerprint density at radius 3 is 2.37 bits per heavy atom. The zero-order chi connectivity index (χ0) is 38.7. The van der Waals surface area contributed by atoms with Crippen LogP contribution in [0.4, 0.5) is 13.2 Å². The normalized spacial score (nSPS) is 19.0. The monoisotopic (exact) mass is 769 g/mol. The van der Waals surface area contributed by atoms with Crippen molar-refractivity contribution in [3.05, 3.63) is 99.1 Å². The van der Waals surface area contributed by atoms with Gasteiger partial charge in [-0.3, -0.25) is 14.4 Å². The first kappa shape index (κ1) is 39.1. The summed E-state index contributed by atoms with van der Waals surface area (Å²) in [5.41, 5.74) is 3.64. The maximum Gasteiger partial charge on any atom is 0.416 e. The molecule has 0 unspecified atom stereocenters. The number of piperazine rings is 1. The van der Waals surface area contributed by atoms with E-state index < -0.39 is 42.2 Å². The van der Waals surface area contributed by atoms with Crippen molar-refractivity contribution in [1.82, 2.24) is 15.1 Å². The number of aliphatic hydroxyl groups is 1. The molecule has 14 heteroatoms. The predicted octanol–water partition coefficient (Wildman–Crippen LogP) is 6.18. The number of aliphatic hydroxyl groups excluding tert-OH is 1. The quantitative estimate of drug-likeness (QED) is 0.166. The van der Waals surface area contributed by atoms with Gasteiger partial charge in [-0.05, 0) is 97.3 Å². The summed E-state index contributed by atoms with van der Waals surface area (Å²) < 4.78 is 52.5. The number of fused-ring (bicyclic) bond motifs is 2. The zero-order valence-electron chi connectivity index (χ0n) is 30.0. The summed E-state index contributed by atoms with van der Waals surface area (Å²) in [5, 5.41) is 23.2. The molecule has 2 fully saturated rings. The van der Waals surface area contributed by atoms with Gasteiger partial charge in [-0.25, -0.2) is 0 Å². The number of rotatable bonds is 14. The lowest BCUT2D eigenvalue weighted by molar-refractivity contribution is -0.141. The van der Waals surface area contributed by atoms with Gasteiger partial charge in [0, 0.05) is 37.3 Å². The highest BCUT2D eigenvalue weighted by molar-refractivity contribution is 6.32. The van der Waals surface area contributed by atoms with E-state index >= 15 is 0 Å². The minimum atomic E-state index is -4.53. The number of aliphatic carboxylic acids is 1. The number of carbonyl (C=O) groups excluding carboxylic acids is 2. The Hall–Kier alpha value is -4.59. The molecular formula is C40H43ClF3N3O7. The van der Waals surface area contributed by atoms with E-state index in [0.29, 0.717) is 46.9 Å². The maximum absolute atomic E-state index is 14.7. The molecule has 6 rings (SSSR count). The number of hydrogen-bond acceptors (Lipinski definition) is 7. The lowest BCUT2D eigenvalue weighted by Gasteiger charge is -2.45. The average molecular weight is 770 g/mol. The fraction of sp³-hybridized carbons (Fsp3) is 0.425. The first-order chi connectivity index (χ1) is 25.7. The molecule has 3 atom stereocenters. The molecule has 2 heterocycles. The molecule has 1 saturated carbocycles. The van der Waals surface area contributed by atoms with Crippen LogP contribution in [0.25, 0.3) is 5.57 Å². The molecule has 0 spiro atoms. The summed E-state index contributed by atoms with van der Waals surface area (Å²) in [7, 11) is 0. The number of nitrogens with zero attached hydrogens (tertiary/aromatic N) is 2. The van der Waals surface area contributed by atoms with Gasteiger partial charge in [-0.1, -0.05) is 35.9 Å². The van der Waals surface area contributed by atoms with Crippen LogP contribution in [0.5, 0.6) is 11.5 Å². The molecule has 1 aliphatic carbocycles. The van der Waals surface area contributed by atoms with Gasteiger partial charge in [0.25, 0.3) is 5.91 Å². The van der Waals surface area contributed by atoms with Crippen LogP contribution in [0.2, 0.25) is 5.02 Å². The highest BCUT2D eigenvalue weighted by Crippen LogP contribution is 2.38. The molecule has 54 heavy (non-hydrogen) atoms. The Bertz CT molecular complexity index is 1920. The Labute approximate surface area is 316 Å². The second-order valence-corrected chi connectivity index (χ2v) is 14.6. The molecular weight excluding hydrogens is 727 g/mol. The van der Waals surface area contributed by atoms with Crippen molar-refractivity contribution in [2.45, 2.75) is 82.9 Å². The number of hydrogen-bond donors (Lipinski definition) is 3. The van der Waals surface area contributed by atoms with Crippen LogP contribution in [-0.2, 0) is 27.1 Å². The van der Waals surface area contributed by atoms with E-state index in [1.165, 1.54) is 6.07 Å². The first-order valence-electron chi connectivity index (χ1n) is 17.9. The molecule has 3 N–H and O–H groups in total.